The Morgan fingerprint density at radius 2 is 1.68 bits per heavy atom. The van der Waals surface area contributed by atoms with Gasteiger partial charge in [-0.05, 0) is 56.6 Å². The lowest BCUT2D eigenvalue weighted by molar-refractivity contribution is -0.122. The van der Waals surface area contributed by atoms with Gasteiger partial charge in [0.25, 0.3) is 5.91 Å². The van der Waals surface area contributed by atoms with E-state index in [9.17, 15) is 9.59 Å². The van der Waals surface area contributed by atoms with E-state index in [0.717, 1.165) is 35.8 Å². The summed E-state index contributed by atoms with van der Waals surface area (Å²) in [5.74, 6) is -0.261. The summed E-state index contributed by atoms with van der Waals surface area (Å²) in [6.07, 6.45) is 6.59. The monoisotopic (exact) mass is 479 g/mol. The smallest absolute Gasteiger partial charge is 0.265 e. The van der Waals surface area contributed by atoms with E-state index >= 15 is 0 Å². The largest absolute Gasteiger partial charge is 0.353 e. The van der Waals surface area contributed by atoms with E-state index in [4.69, 9.17) is 0 Å². The van der Waals surface area contributed by atoms with Crippen LogP contribution >= 0.6 is 11.8 Å². The van der Waals surface area contributed by atoms with Crippen LogP contribution in [0, 0.1) is 6.92 Å². The number of anilines is 1. The molecule has 5 nitrogen and oxygen atoms in total. The number of nitrogens with zero attached hydrogens (tertiary/aromatic N) is 2. The molecule has 0 unspecified atom stereocenters. The van der Waals surface area contributed by atoms with Crippen molar-refractivity contribution in [2.75, 3.05) is 37.6 Å². The molecule has 6 heteroatoms. The number of hydrogen-bond acceptors (Lipinski definition) is 4. The van der Waals surface area contributed by atoms with Gasteiger partial charge in [0.2, 0.25) is 5.91 Å². The van der Waals surface area contributed by atoms with E-state index in [-0.39, 0.29) is 18.4 Å². The standard InChI is InChI=1S/C28H37N3O2S/c1-4-6-17-30(18-7-5-2)19-16-29-27(32)21-31-24-10-8-9-11-25(24)34-26(28(31)33)20-23-14-12-22(3)13-15-23/h8-15,20H,4-7,16-19,21H2,1-3H3,(H,29,32)/b26-20+. The normalized spacial score (nSPS) is 14.5. The summed E-state index contributed by atoms with van der Waals surface area (Å²) < 4.78 is 0. The van der Waals surface area contributed by atoms with Crippen LogP contribution in [0.3, 0.4) is 0 Å². The highest BCUT2D eigenvalue weighted by Crippen LogP contribution is 2.41. The van der Waals surface area contributed by atoms with Crippen molar-refractivity contribution in [3.05, 3.63) is 64.6 Å². The molecule has 1 heterocycles. The average molecular weight is 480 g/mol. The zero-order chi connectivity index (χ0) is 24.3. The van der Waals surface area contributed by atoms with Crippen LogP contribution in [0.15, 0.2) is 58.3 Å². The number of carbonyl (C=O) groups excluding carboxylic acids is 2. The molecular formula is C28H37N3O2S. The summed E-state index contributed by atoms with van der Waals surface area (Å²) >= 11 is 1.46. The second kappa shape index (κ2) is 13.4. The summed E-state index contributed by atoms with van der Waals surface area (Å²) in [6, 6.07) is 15.9. The Hall–Kier alpha value is -2.57. The maximum atomic E-state index is 13.4. The third-order valence-corrected chi connectivity index (χ3v) is 6.99. The Morgan fingerprint density at radius 1 is 1.00 bits per heavy atom. The molecule has 2 aromatic carbocycles. The molecule has 1 aliphatic heterocycles. The molecule has 0 radical (unpaired) electrons. The van der Waals surface area contributed by atoms with Gasteiger partial charge in [-0.2, -0.15) is 0 Å². The highest BCUT2D eigenvalue weighted by molar-refractivity contribution is 8.04. The molecule has 1 aliphatic rings. The highest BCUT2D eigenvalue weighted by Gasteiger charge is 2.30. The number of benzene rings is 2. The molecule has 3 rings (SSSR count). The van der Waals surface area contributed by atoms with Gasteiger partial charge in [0.15, 0.2) is 0 Å². The number of rotatable bonds is 12. The van der Waals surface area contributed by atoms with Crippen molar-refractivity contribution < 1.29 is 9.59 Å². The average Bonchev–Trinajstić information content (AvgIpc) is 2.84. The zero-order valence-corrected chi connectivity index (χ0v) is 21.5. The van der Waals surface area contributed by atoms with Crippen molar-refractivity contribution >= 4 is 35.3 Å². The molecule has 2 amide bonds. The van der Waals surface area contributed by atoms with E-state index in [2.05, 4.69) is 24.1 Å². The molecule has 0 saturated carbocycles. The molecule has 0 bridgehead atoms. The first-order valence-corrected chi connectivity index (χ1v) is 13.2. The summed E-state index contributed by atoms with van der Waals surface area (Å²) in [5, 5.41) is 3.03. The predicted octanol–water partition coefficient (Wildman–Crippen LogP) is 5.49. The van der Waals surface area contributed by atoms with Gasteiger partial charge in [-0.15, -0.1) is 0 Å². The van der Waals surface area contributed by atoms with Crippen molar-refractivity contribution in [1.82, 2.24) is 10.2 Å². The number of para-hydroxylation sites is 1. The topological polar surface area (TPSA) is 52.7 Å². The van der Waals surface area contributed by atoms with Crippen molar-refractivity contribution in [2.24, 2.45) is 0 Å². The summed E-state index contributed by atoms with van der Waals surface area (Å²) in [7, 11) is 0. The number of thioether (sulfide) groups is 1. The molecule has 0 aromatic heterocycles. The van der Waals surface area contributed by atoms with Gasteiger partial charge in [-0.25, -0.2) is 0 Å². The number of fused-ring (bicyclic) bond motifs is 1. The Labute approximate surface area is 208 Å². The zero-order valence-electron chi connectivity index (χ0n) is 20.7. The second-order valence-corrected chi connectivity index (χ2v) is 9.86. The number of hydrogen-bond donors (Lipinski definition) is 1. The van der Waals surface area contributed by atoms with E-state index in [0.29, 0.717) is 11.4 Å². The fourth-order valence-corrected chi connectivity index (χ4v) is 4.94. The third-order valence-electron chi connectivity index (χ3n) is 5.91. The minimum atomic E-state index is -0.132. The maximum Gasteiger partial charge on any atom is 0.265 e. The molecule has 34 heavy (non-hydrogen) atoms. The predicted molar refractivity (Wildman–Crippen MR) is 143 cm³/mol. The Morgan fingerprint density at radius 3 is 2.35 bits per heavy atom. The molecule has 0 atom stereocenters. The van der Waals surface area contributed by atoms with Gasteiger partial charge >= 0.3 is 0 Å². The molecule has 0 fully saturated rings. The molecule has 0 spiro atoms. The molecule has 1 N–H and O–H groups in total. The molecular weight excluding hydrogens is 442 g/mol. The first-order valence-electron chi connectivity index (χ1n) is 12.4. The van der Waals surface area contributed by atoms with Gasteiger partial charge in [0, 0.05) is 18.0 Å². The van der Waals surface area contributed by atoms with Crippen molar-refractivity contribution in [3.8, 4) is 0 Å². The van der Waals surface area contributed by atoms with Crippen LogP contribution < -0.4 is 10.2 Å². The minimum absolute atomic E-state index is 0.0194. The number of amides is 2. The van der Waals surface area contributed by atoms with Crippen LogP contribution in [0.2, 0.25) is 0 Å². The molecule has 182 valence electrons. The highest BCUT2D eigenvalue weighted by atomic mass is 32.2. The number of carbonyl (C=O) groups is 2. The maximum absolute atomic E-state index is 13.4. The molecule has 0 aliphatic carbocycles. The van der Waals surface area contributed by atoms with Gasteiger partial charge < -0.3 is 10.2 Å². The first-order chi connectivity index (χ1) is 16.5. The molecule has 0 saturated heterocycles. The van der Waals surface area contributed by atoms with Crippen molar-refractivity contribution in [2.45, 2.75) is 51.3 Å². The lowest BCUT2D eigenvalue weighted by Gasteiger charge is -2.30. The van der Waals surface area contributed by atoms with Gasteiger partial charge in [-0.3, -0.25) is 14.5 Å². The lowest BCUT2D eigenvalue weighted by atomic mass is 10.1. The Kier molecular flexibility index (Phi) is 10.2. The van der Waals surface area contributed by atoms with Crippen LogP contribution in [0.1, 0.15) is 50.7 Å². The number of unbranched alkanes of at least 4 members (excludes halogenated alkanes) is 2. The summed E-state index contributed by atoms with van der Waals surface area (Å²) in [5.41, 5.74) is 2.95. The van der Waals surface area contributed by atoms with Gasteiger partial charge in [0.05, 0.1) is 10.6 Å². The second-order valence-electron chi connectivity index (χ2n) is 8.78. The SMILES string of the molecule is CCCCN(CCCC)CCNC(=O)CN1C(=O)/C(=C\c2ccc(C)cc2)Sc2ccccc21. The lowest BCUT2D eigenvalue weighted by Crippen LogP contribution is -2.44. The fraction of sp³-hybridized carbons (Fsp3) is 0.429. The Bertz CT molecular complexity index is 979. The van der Waals surface area contributed by atoms with Crippen LogP contribution in [0.25, 0.3) is 6.08 Å². The van der Waals surface area contributed by atoms with E-state index < -0.39 is 0 Å². The minimum Gasteiger partial charge on any atom is -0.353 e. The van der Waals surface area contributed by atoms with Gasteiger partial charge in [0.1, 0.15) is 6.54 Å². The van der Waals surface area contributed by atoms with Crippen LogP contribution in [-0.2, 0) is 9.59 Å². The van der Waals surface area contributed by atoms with E-state index in [1.54, 1.807) is 4.90 Å². The van der Waals surface area contributed by atoms with Crippen molar-refractivity contribution in [1.29, 1.82) is 0 Å². The fourth-order valence-electron chi connectivity index (χ4n) is 3.89. The number of nitrogens with one attached hydrogen (secondary N) is 1. The van der Waals surface area contributed by atoms with Crippen LogP contribution in [-0.4, -0.2) is 49.4 Å². The van der Waals surface area contributed by atoms with Crippen molar-refractivity contribution in [3.63, 3.8) is 0 Å². The summed E-state index contributed by atoms with van der Waals surface area (Å²) in [4.78, 5) is 31.8. The number of aryl methyl sites for hydroxylation is 1. The van der Waals surface area contributed by atoms with Gasteiger partial charge in [-0.1, -0.05) is 80.4 Å². The van der Waals surface area contributed by atoms with Crippen LogP contribution in [0.4, 0.5) is 5.69 Å². The summed E-state index contributed by atoms with van der Waals surface area (Å²) in [6.45, 7) is 10.0. The Balaban J connectivity index is 1.66. The van der Waals surface area contributed by atoms with Crippen LogP contribution in [0.5, 0.6) is 0 Å². The third kappa shape index (κ3) is 7.47. The first kappa shape index (κ1) is 26.0. The molecule has 2 aromatic rings. The quantitative estimate of drug-likeness (QED) is 0.409. The van der Waals surface area contributed by atoms with E-state index in [1.165, 1.54) is 43.0 Å². The van der Waals surface area contributed by atoms with E-state index in [1.807, 2.05) is 61.5 Å².